The van der Waals surface area contributed by atoms with Crippen LogP contribution in [-0.4, -0.2) is 23.8 Å². The van der Waals surface area contributed by atoms with E-state index >= 15 is 0 Å². The van der Waals surface area contributed by atoms with Crippen LogP contribution in [0.1, 0.15) is 47.1 Å². The number of aryl methyl sites for hydroxylation is 1. The Kier molecular flexibility index (Phi) is 4.64. The predicted octanol–water partition coefficient (Wildman–Crippen LogP) is 5.99. The molecule has 26 heavy (non-hydrogen) atoms. The second kappa shape index (κ2) is 6.27. The summed E-state index contributed by atoms with van der Waals surface area (Å²) in [4.78, 5) is 0. The van der Waals surface area contributed by atoms with E-state index in [0.29, 0.717) is 0 Å². The van der Waals surface area contributed by atoms with Gasteiger partial charge >= 0.3 is 159 Å². The standard InChI is InChI=1S/C23H33O2P/c1-16-11-9-13-18(24-8)20(16)17-12-10-14-19-21(17)26(15-25-19,22(2,3)4)23(5,6)7/h9-14,26H,15H2,1-8H3. The van der Waals surface area contributed by atoms with Gasteiger partial charge in [-0.1, -0.05) is 0 Å². The molecule has 2 nitrogen and oxygen atoms in total. The molecule has 2 aromatic rings. The first kappa shape index (κ1) is 19.2. The summed E-state index contributed by atoms with van der Waals surface area (Å²) in [5, 5.41) is 1.83. The van der Waals surface area contributed by atoms with E-state index < -0.39 is 7.26 Å². The molecule has 2 aromatic carbocycles. The SMILES string of the molecule is COc1cccc(C)c1-c1cccc2c1[PH](C(C)(C)C)(C(C)(C)C)CO2. The fraction of sp³-hybridized carbons (Fsp3) is 0.478. The van der Waals surface area contributed by atoms with Crippen molar-refractivity contribution in [2.45, 2.75) is 58.8 Å². The van der Waals surface area contributed by atoms with E-state index in [4.69, 9.17) is 9.47 Å². The third kappa shape index (κ3) is 2.65. The molecule has 3 rings (SSSR count). The molecule has 0 saturated carbocycles. The maximum absolute atomic E-state index is 6.36. The number of fused-ring (bicyclic) bond motifs is 1. The molecule has 0 bridgehead atoms. The Balaban J connectivity index is 2.42. The summed E-state index contributed by atoms with van der Waals surface area (Å²) in [5.41, 5.74) is 3.75. The molecule has 0 amide bonds. The number of hydrogen-bond acceptors (Lipinski definition) is 2. The third-order valence-electron chi connectivity index (χ3n) is 6.18. The zero-order valence-electron chi connectivity index (χ0n) is 17.5. The molecule has 0 N–H and O–H groups in total. The molecule has 0 radical (unpaired) electrons. The fourth-order valence-corrected chi connectivity index (χ4v) is 11.4. The zero-order chi connectivity index (χ0) is 19.3. The first-order chi connectivity index (χ1) is 12.0. The van der Waals surface area contributed by atoms with Crippen LogP contribution in [0.15, 0.2) is 36.4 Å². The monoisotopic (exact) mass is 372 g/mol. The summed E-state index contributed by atoms with van der Waals surface area (Å²) in [6, 6.07) is 12.8. The number of methoxy groups -OCH3 is 1. The van der Waals surface area contributed by atoms with Gasteiger partial charge < -0.3 is 0 Å². The summed E-state index contributed by atoms with van der Waals surface area (Å²) < 4.78 is 12.1. The second-order valence-corrected chi connectivity index (χ2v) is 15.1. The van der Waals surface area contributed by atoms with Gasteiger partial charge in [0.2, 0.25) is 0 Å². The van der Waals surface area contributed by atoms with Crippen LogP contribution in [0.5, 0.6) is 11.5 Å². The second-order valence-electron chi connectivity index (χ2n) is 9.52. The summed E-state index contributed by atoms with van der Waals surface area (Å²) in [5.74, 6) is 2.01. The van der Waals surface area contributed by atoms with Gasteiger partial charge in [-0.25, -0.2) is 0 Å². The Bertz CT molecular complexity index is 811. The minimum absolute atomic E-state index is 0.183. The summed E-state index contributed by atoms with van der Waals surface area (Å²) in [7, 11) is -0.260. The van der Waals surface area contributed by atoms with Gasteiger partial charge in [0.15, 0.2) is 0 Å². The molecule has 0 saturated heterocycles. The van der Waals surface area contributed by atoms with Crippen LogP contribution >= 0.6 is 7.26 Å². The van der Waals surface area contributed by atoms with Crippen molar-refractivity contribution in [2.24, 2.45) is 0 Å². The van der Waals surface area contributed by atoms with Gasteiger partial charge in [-0.3, -0.25) is 0 Å². The molecule has 1 heterocycles. The third-order valence-corrected chi connectivity index (χ3v) is 13.2. The van der Waals surface area contributed by atoms with E-state index in [9.17, 15) is 0 Å². The predicted molar refractivity (Wildman–Crippen MR) is 116 cm³/mol. The average Bonchev–Trinajstić information content (AvgIpc) is 2.95. The van der Waals surface area contributed by atoms with Crippen LogP contribution < -0.4 is 14.8 Å². The van der Waals surface area contributed by atoms with Crippen molar-refractivity contribution in [3.05, 3.63) is 42.0 Å². The number of ether oxygens (including phenoxy) is 2. The number of rotatable bonds is 2. The summed E-state index contributed by atoms with van der Waals surface area (Å²) in [6.07, 6.45) is 0.848. The fourth-order valence-electron chi connectivity index (χ4n) is 5.02. The molecule has 3 heteroatoms. The molecule has 0 atom stereocenters. The first-order valence-electron chi connectivity index (χ1n) is 9.45. The van der Waals surface area contributed by atoms with Gasteiger partial charge in [-0.15, -0.1) is 0 Å². The Hall–Kier alpha value is -1.53. The normalized spacial score (nSPS) is 17.4. The molecule has 0 aromatic heterocycles. The molecule has 0 fully saturated rings. The first-order valence-corrected chi connectivity index (χ1v) is 11.7. The van der Waals surface area contributed by atoms with Crippen LogP contribution in [0, 0.1) is 6.92 Å². The van der Waals surface area contributed by atoms with Crippen LogP contribution in [-0.2, 0) is 0 Å². The molecule has 0 spiro atoms. The molecule has 142 valence electrons. The molecule has 0 aliphatic carbocycles. The van der Waals surface area contributed by atoms with Crippen LogP contribution in [0.4, 0.5) is 0 Å². The van der Waals surface area contributed by atoms with Crippen molar-refractivity contribution in [3.8, 4) is 22.6 Å². The molecular weight excluding hydrogens is 339 g/mol. The van der Waals surface area contributed by atoms with Gasteiger partial charge in [-0.2, -0.15) is 0 Å². The van der Waals surface area contributed by atoms with Crippen molar-refractivity contribution >= 4 is 12.6 Å². The zero-order valence-corrected chi connectivity index (χ0v) is 18.5. The average molecular weight is 372 g/mol. The van der Waals surface area contributed by atoms with Crippen molar-refractivity contribution in [3.63, 3.8) is 0 Å². The molecule has 1 aliphatic rings. The molecule has 1 aliphatic heterocycles. The van der Waals surface area contributed by atoms with E-state index in [0.717, 1.165) is 17.8 Å². The van der Waals surface area contributed by atoms with Gasteiger partial charge in [0.25, 0.3) is 0 Å². The Labute approximate surface area is 159 Å². The van der Waals surface area contributed by atoms with Crippen LogP contribution in [0.2, 0.25) is 0 Å². The summed E-state index contributed by atoms with van der Waals surface area (Å²) >= 11 is 0. The van der Waals surface area contributed by atoms with E-state index in [2.05, 4.69) is 84.9 Å². The Morgan fingerprint density at radius 3 is 2.12 bits per heavy atom. The number of benzene rings is 2. The van der Waals surface area contributed by atoms with Gasteiger partial charge in [0.1, 0.15) is 0 Å². The number of hydrogen-bond donors (Lipinski definition) is 0. The van der Waals surface area contributed by atoms with Crippen LogP contribution in [0.3, 0.4) is 0 Å². The molecular formula is C23H33O2P. The van der Waals surface area contributed by atoms with Crippen molar-refractivity contribution in [1.82, 2.24) is 0 Å². The van der Waals surface area contributed by atoms with Gasteiger partial charge in [0.05, 0.1) is 0 Å². The van der Waals surface area contributed by atoms with Gasteiger partial charge in [0, 0.05) is 0 Å². The molecule has 0 unspecified atom stereocenters. The van der Waals surface area contributed by atoms with E-state index in [1.807, 2.05) is 0 Å². The summed E-state index contributed by atoms with van der Waals surface area (Å²) in [6.45, 7) is 16.6. The van der Waals surface area contributed by atoms with Crippen molar-refractivity contribution < 1.29 is 9.47 Å². The van der Waals surface area contributed by atoms with Crippen molar-refractivity contribution in [2.75, 3.05) is 13.5 Å². The maximum atomic E-state index is 6.36. The minimum atomic E-state index is -2.02. The quantitative estimate of drug-likeness (QED) is 0.603. The Morgan fingerprint density at radius 1 is 0.923 bits per heavy atom. The van der Waals surface area contributed by atoms with Crippen LogP contribution in [0.25, 0.3) is 11.1 Å². The van der Waals surface area contributed by atoms with E-state index in [1.54, 1.807) is 7.11 Å². The van der Waals surface area contributed by atoms with Gasteiger partial charge in [-0.05, 0) is 0 Å². The topological polar surface area (TPSA) is 18.5 Å². The van der Waals surface area contributed by atoms with Crippen molar-refractivity contribution in [1.29, 1.82) is 0 Å². The Morgan fingerprint density at radius 2 is 1.54 bits per heavy atom. The van der Waals surface area contributed by atoms with E-state index in [-0.39, 0.29) is 10.3 Å². The van der Waals surface area contributed by atoms with E-state index in [1.165, 1.54) is 22.0 Å².